The summed E-state index contributed by atoms with van der Waals surface area (Å²) in [5.41, 5.74) is 1.73. The molecule has 0 bridgehead atoms. The normalized spacial score (nSPS) is 13.2. The second kappa shape index (κ2) is 12.6. The molecule has 1 amide bonds. The summed E-state index contributed by atoms with van der Waals surface area (Å²) in [7, 11) is 0. The minimum absolute atomic E-state index is 0.132. The van der Waals surface area contributed by atoms with E-state index in [2.05, 4.69) is 28.2 Å². The molecule has 1 aromatic carbocycles. The first-order valence-electron chi connectivity index (χ1n) is 11.6. The molecule has 0 saturated heterocycles. The number of fused-ring (bicyclic) bond motifs is 1. The smallest absolute Gasteiger partial charge is 0.235 e. The van der Waals surface area contributed by atoms with Crippen LogP contribution in [0.3, 0.4) is 0 Å². The maximum atomic E-state index is 12.8. The van der Waals surface area contributed by atoms with Gasteiger partial charge in [0.2, 0.25) is 5.91 Å². The Balaban J connectivity index is 1.41. The molecule has 1 aliphatic carbocycles. The van der Waals surface area contributed by atoms with E-state index in [1.807, 2.05) is 4.57 Å². The predicted octanol–water partition coefficient (Wildman–Crippen LogP) is 6.67. The van der Waals surface area contributed by atoms with E-state index in [-0.39, 0.29) is 18.3 Å². The van der Waals surface area contributed by atoms with Crippen LogP contribution in [0.15, 0.2) is 36.0 Å². The first-order valence-corrected chi connectivity index (χ1v) is 14.1. The predicted molar refractivity (Wildman–Crippen MR) is 145 cm³/mol. The Kier molecular flexibility index (Phi) is 9.32. The van der Waals surface area contributed by atoms with Crippen LogP contribution in [-0.2, 0) is 30.8 Å². The molecule has 0 atom stereocenters. The highest BCUT2D eigenvalue weighted by Gasteiger charge is 2.21. The number of allylic oxidation sites excluding steroid dienone is 1. The number of thiophene rings is 1. The summed E-state index contributed by atoms with van der Waals surface area (Å²) in [6, 6.07) is 7.32. The van der Waals surface area contributed by atoms with Crippen molar-refractivity contribution in [3.8, 4) is 11.8 Å². The van der Waals surface area contributed by atoms with Crippen molar-refractivity contribution in [1.29, 1.82) is 5.26 Å². The molecule has 0 unspecified atom stereocenters. The number of thioether (sulfide) groups is 1. The highest BCUT2D eigenvalue weighted by atomic mass is 35.5. The number of rotatable bonds is 9. The molecule has 0 fully saturated rings. The van der Waals surface area contributed by atoms with E-state index in [9.17, 15) is 10.1 Å². The lowest BCUT2D eigenvalue weighted by Crippen LogP contribution is -2.15. The number of amides is 1. The van der Waals surface area contributed by atoms with E-state index in [1.54, 1.807) is 24.3 Å². The van der Waals surface area contributed by atoms with E-state index in [1.165, 1.54) is 40.8 Å². The zero-order chi connectivity index (χ0) is 25.5. The fourth-order valence-corrected chi connectivity index (χ4v) is 6.48. The lowest BCUT2D eigenvalue weighted by Gasteiger charge is -2.10. The van der Waals surface area contributed by atoms with Crippen LogP contribution in [0, 0.1) is 11.3 Å². The van der Waals surface area contributed by atoms with Crippen molar-refractivity contribution in [3.63, 3.8) is 0 Å². The van der Waals surface area contributed by atoms with Gasteiger partial charge < -0.3 is 10.1 Å². The van der Waals surface area contributed by atoms with Gasteiger partial charge in [-0.05, 0) is 49.4 Å². The Morgan fingerprint density at radius 1 is 1.28 bits per heavy atom. The number of aromatic nitrogens is 3. The number of nitrogens with zero attached hydrogens (tertiary/aromatic N) is 4. The summed E-state index contributed by atoms with van der Waals surface area (Å²) in [5.74, 6) is 1.01. The SMILES string of the molecule is C=CCn1c(COc2ccc(Cl)cc2Cl)nnc1SCC(=O)Nc1sc2c(c1C#N)CCCCCC2. The quantitative estimate of drug-likeness (QED) is 0.231. The van der Waals surface area contributed by atoms with E-state index >= 15 is 0 Å². The maximum absolute atomic E-state index is 12.8. The highest BCUT2D eigenvalue weighted by molar-refractivity contribution is 7.99. The minimum atomic E-state index is -0.190. The van der Waals surface area contributed by atoms with E-state index < -0.39 is 0 Å². The number of ether oxygens (including phenoxy) is 1. The van der Waals surface area contributed by atoms with Crippen LogP contribution >= 0.6 is 46.3 Å². The molecule has 1 N–H and O–H groups in total. The van der Waals surface area contributed by atoms with Crippen molar-refractivity contribution in [3.05, 3.63) is 62.7 Å². The van der Waals surface area contributed by atoms with Crippen molar-refractivity contribution >= 4 is 57.2 Å². The highest BCUT2D eigenvalue weighted by Crippen LogP contribution is 2.36. The number of nitriles is 1. The van der Waals surface area contributed by atoms with Crippen molar-refractivity contribution in [2.45, 2.75) is 56.8 Å². The summed E-state index contributed by atoms with van der Waals surface area (Å²) in [6.45, 7) is 4.40. The average Bonchev–Trinajstić information content (AvgIpc) is 3.37. The Hall–Kier alpha value is -2.51. The fourth-order valence-electron chi connectivity index (χ4n) is 4.00. The second-order valence-corrected chi connectivity index (χ2v) is 11.1. The lowest BCUT2D eigenvalue weighted by molar-refractivity contribution is -0.113. The van der Waals surface area contributed by atoms with Gasteiger partial charge >= 0.3 is 0 Å². The van der Waals surface area contributed by atoms with Crippen LogP contribution in [-0.4, -0.2) is 26.4 Å². The van der Waals surface area contributed by atoms with Gasteiger partial charge in [-0.1, -0.05) is 53.9 Å². The Morgan fingerprint density at radius 3 is 2.83 bits per heavy atom. The Labute approximate surface area is 228 Å². The third-order valence-corrected chi connectivity index (χ3v) is 8.43. The number of aryl methyl sites for hydroxylation is 1. The van der Waals surface area contributed by atoms with Gasteiger partial charge in [0.25, 0.3) is 0 Å². The van der Waals surface area contributed by atoms with Crippen LogP contribution in [0.1, 0.15) is 47.5 Å². The summed E-state index contributed by atoms with van der Waals surface area (Å²) < 4.78 is 7.64. The molecule has 3 aromatic rings. The van der Waals surface area contributed by atoms with E-state index in [0.29, 0.717) is 43.9 Å². The molecule has 188 valence electrons. The van der Waals surface area contributed by atoms with Gasteiger partial charge in [-0.15, -0.1) is 28.1 Å². The summed E-state index contributed by atoms with van der Waals surface area (Å²) in [5, 5.41) is 23.3. The van der Waals surface area contributed by atoms with Crippen LogP contribution in [0.2, 0.25) is 10.0 Å². The molecule has 0 saturated carbocycles. The zero-order valence-electron chi connectivity index (χ0n) is 19.6. The van der Waals surface area contributed by atoms with Crippen molar-refractivity contribution < 1.29 is 9.53 Å². The largest absolute Gasteiger partial charge is 0.484 e. The third-order valence-electron chi connectivity index (χ3n) is 5.72. The molecule has 36 heavy (non-hydrogen) atoms. The first-order chi connectivity index (χ1) is 17.5. The maximum Gasteiger partial charge on any atom is 0.235 e. The van der Waals surface area contributed by atoms with Gasteiger partial charge in [-0.2, -0.15) is 5.26 Å². The van der Waals surface area contributed by atoms with Crippen molar-refractivity contribution in [2.24, 2.45) is 0 Å². The number of carbonyl (C=O) groups excluding carboxylic acids is 1. The Morgan fingerprint density at radius 2 is 2.08 bits per heavy atom. The molecule has 1 aliphatic rings. The number of benzene rings is 1. The topological polar surface area (TPSA) is 92.8 Å². The van der Waals surface area contributed by atoms with E-state index in [0.717, 1.165) is 31.2 Å². The minimum Gasteiger partial charge on any atom is -0.484 e. The van der Waals surface area contributed by atoms with Crippen LogP contribution in [0.25, 0.3) is 0 Å². The lowest BCUT2D eigenvalue weighted by atomic mass is 9.97. The molecular formula is C25H25Cl2N5O2S2. The standard InChI is InChI=1S/C25H25Cl2N5O2S2/c1-2-11-32-22(14-34-20-10-9-16(26)12-19(20)27)30-31-25(32)35-15-23(33)29-24-18(13-28)17-7-5-3-4-6-8-21(17)36-24/h2,9-10,12H,1,3-8,11,14-15H2,(H,29,33). The molecule has 7 nitrogen and oxygen atoms in total. The van der Waals surface area contributed by atoms with E-state index in [4.69, 9.17) is 27.9 Å². The second-order valence-electron chi connectivity index (χ2n) is 8.23. The molecule has 0 spiro atoms. The van der Waals surface area contributed by atoms with Crippen LogP contribution in [0.4, 0.5) is 5.00 Å². The van der Waals surface area contributed by atoms with Gasteiger partial charge in [-0.25, -0.2) is 0 Å². The van der Waals surface area contributed by atoms with Gasteiger partial charge in [0, 0.05) is 16.4 Å². The summed E-state index contributed by atoms with van der Waals surface area (Å²) in [6.07, 6.45) is 8.19. The number of anilines is 1. The van der Waals surface area contributed by atoms with Gasteiger partial charge in [-0.3, -0.25) is 9.36 Å². The Bertz CT molecular complexity index is 1300. The van der Waals surface area contributed by atoms with Crippen molar-refractivity contribution in [2.75, 3.05) is 11.1 Å². The fraction of sp³-hybridized carbons (Fsp3) is 0.360. The summed E-state index contributed by atoms with van der Waals surface area (Å²) in [4.78, 5) is 14.0. The zero-order valence-corrected chi connectivity index (χ0v) is 22.7. The summed E-state index contributed by atoms with van der Waals surface area (Å²) >= 11 is 14.9. The molecule has 4 rings (SSSR count). The number of carbonyl (C=O) groups is 1. The number of halogens is 2. The van der Waals surface area contributed by atoms with Crippen LogP contribution < -0.4 is 10.1 Å². The van der Waals surface area contributed by atoms with Gasteiger partial charge in [0.05, 0.1) is 16.3 Å². The molecule has 2 heterocycles. The molecular weight excluding hydrogens is 537 g/mol. The third kappa shape index (κ3) is 6.43. The molecule has 2 aromatic heterocycles. The molecule has 0 aliphatic heterocycles. The van der Waals surface area contributed by atoms with Crippen molar-refractivity contribution in [1.82, 2.24) is 14.8 Å². The van der Waals surface area contributed by atoms with Gasteiger partial charge in [0.1, 0.15) is 23.4 Å². The number of hydrogen-bond donors (Lipinski definition) is 1. The van der Waals surface area contributed by atoms with Crippen LogP contribution in [0.5, 0.6) is 5.75 Å². The molecule has 11 heteroatoms. The monoisotopic (exact) mass is 561 g/mol. The van der Waals surface area contributed by atoms with Gasteiger partial charge in [0.15, 0.2) is 11.0 Å². The molecule has 0 radical (unpaired) electrons. The average molecular weight is 563 g/mol. The number of nitrogens with one attached hydrogen (secondary N) is 1. The number of hydrogen-bond acceptors (Lipinski definition) is 7. The first kappa shape index (κ1) is 26.6.